The molecule has 0 saturated carbocycles. The lowest BCUT2D eigenvalue weighted by Crippen LogP contribution is -2.04. The molecule has 0 aliphatic heterocycles. The molecule has 1 aliphatic carbocycles. The predicted octanol–water partition coefficient (Wildman–Crippen LogP) is 2.73. The van der Waals surface area contributed by atoms with Crippen LogP contribution >= 0.6 is 15.9 Å². The smallest absolute Gasteiger partial charge is 0.278 e. The van der Waals surface area contributed by atoms with Gasteiger partial charge in [0, 0.05) is 4.47 Å². The van der Waals surface area contributed by atoms with Crippen molar-refractivity contribution in [3.8, 4) is 0 Å². The van der Waals surface area contributed by atoms with Crippen molar-refractivity contribution >= 4 is 33.3 Å². The number of aliphatic imine (C=N–C) groups is 1. The van der Waals surface area contributed by atoms with Gasteiger partial charge in [0.05, 0.1) is 11.3 Å². The van der Waals surface area contributed by atoms with Crippen LogP contribution in [-0.4, -0.2) is 17.4 Å². The molecule has 1 aromatic carbocycles. The normalized spacial score (nSPS) is 13.9. The van der Waals surface area contributed by atoms with Crippen molar-refractivity contribution in [1.29, 1.82) is 0 Å². The fourth-order valence-electron chi connectivity index (χ4n) is 1.33. The molecule has 0 aromatic heterocycles. The summed E-state index contributed by atoms with van der Waals surface area (Å²) in [4.78, 5) is 26.7. The molecular weight excluding hydrogens is 282 g/mol. The highest BCUT2D eigenvalue weighted by molar-refractivity contribution is 9.10. The maximum Gasteiger partial charge on any atom is 0.278 e. The average molecular weight is 290 g/mol. The largest absolute Gasteiger partial charge is 0.290 e. The number of allylic oxidation sites excluding steroid dienone is 4. The lowest BCUT2D eigenvalue weighted by atomic mass is 10.1. The van der Waals surface area contributed by atoms with Crippen molar-refractivity contribution in [2.75, 3.05) is 0 Å². The number of nitrogens with zero attached hydrogens (tertiary/aromatic N) is 1. The molecule has 0 bridgehead atoms. The Balaban J connectivity index is 2.26. The summed E-state index contributed by atoms with van der Waals surface area (Å²) in [6, 6.07) is 7.07. The van der Waals surface area contributed by atoms with Crippen LogP contribution in [0.3, 0.4) is 0 Å². The van der Waals surface area contributed by atoms with Gasteiger partial charge in [-0.2, -0.15) is 0 Å². The number of carbonyl (C=O) groups excluding carboxylic acids is 2. The minimum atomic E-state index is -0.337. The van der Waals surface area contributed by atoms with Gasteiger partial charge in [-0.05, 0) is 52.4 Å². The highest BCUT2D eigenvalue weighted by Crippen LogP contribution is 2.17. The van der Waals surface area contributed by atoms with Crippen LogP contribution in [0.1, 0.15) is 10.4 Å². The summed E-state index contributed by atoms with van der Waals surface area (Å²) in [6.07, 6.45) is 5.81. The van der Waals surface area contributed by atoms with Gasteiger partial charge in [-0.25, -0.2) is 4.99 Å². The standard InChI is InChI=1S/C13H8BrNO2/c14-12-4-2-1-3-11(12)13(17)15-9-5-7-10(16)8-6-9/h1-8H. The highest BCUT2D eigenvalue weighted by atomic mass is 79.9. The van der Waals surface area contributed by atoms with Crippen molar-refractivity contribution in [1.82, 2.24) is 0 Å². The number of hydrogen-bond donors (Lipinski definition) is 0. The molecular formula is C13H8BrNO2. The van der Waals surface area contributed by atoms with Crippen molar-refractivity contribution in [3.63, 3.8) is 0 Å². The van der Waals surface area contributed by atoms with E-state index in [1.165, 1.54) is 24.3 Å². The Morgan fingerprint density at radius 1 is 1.06 bits per heavy atom. The van der Waals surface area contributed by atoms with Gasteiger partial charge < -0.3 is 0 Å². The minimum absolute atomic E-state index is 0.0997. The summed E-state index contributed by atoms with van der Waals surface area (Å²) < 4.78 is 0.703. The van der Waals surface area contributed by atoms with E-state index in [0.29, 0.717) is 15.7 Å². The second kappa shape index (κ2) is 5.01. The first-order valence-corrected chi connectivity index (χ1v) is 5.74. The number of halogens is 1. The van der Waals surface area contributed by atoms with Gasteiger partial charge in [0.15, 0.2) is 5.78 Å². The minimum Gasteiger partial charge on any atom is -0.290 e. The van der Waals surface area contributed by atoms with Crippen LogP contribution < -0.4 is 0 Å². The van der Waals surface area contributed by atoms with Gasteiger partial charge in [-0.1, -0.05) is 12.1 Å². The zero-order chi connectivity index (χ0) is 12.3. The molecule has 0 radical (unpaired) electrons. The average Bonchev–Trinajstić information content (AvgIpc) is 2.32. The Labute approximate surface area is 107 Å². The van der Waals surface area contributed by atoms with E-state index in [0.717, 1.165) is 0 Å². The molecule has 0 unspecified atom stereocenters. The molecule has 84 valence electrons. The Morgan fingerprint density at radius 3 is 2.35 bits per heavy atom. The van der Waals surface area contributed by atoms with E-state index in [2.05, 4.69) is 20.9 Å². The highest BCUT2D eigenvalue weighted by Gasteiger charge is 2.09. The fourth-order valence-corrected chi connectivity index (χ4v) is 1.79. The van der Waals surface area contributed by atoms with E-state index >= 15 is 0 Å². The molecule has 0 saturated heterocycles. The third-order valence-corrected chi connectivity index (χ3v) is 2.86. The summed E-state index contributed by atoms with van der Waals surface area (Å²) in [7, 11) is 0. The van der Waals surface area contributed by atoms with E-state index in [-0.39, 0.29) is 11.7 Å². The van der Waals surface area contributed by atoms with Gasteiger partial charge in [-0.15, -0.1) is 0 Å². The number of carbonyl (C=O) groups is 2. The molecule has 2 rings (SSSR count). The predicted molar refractivity (Wildman–Crippen MR) is 69.2 cm³/mol. The van der Waals surface area contributed by atoms with Gasteiger partial charge in [0.1, 0.15) is 0 Å². The molecule has 0 heterocycles. The molecule has 17 heavy (non-hydrogen) atoms. The first-order valence-electron chi connectivity index (χ1n) is 4.94. The maximum absolute atomic E-state index is 11.8. The lowest BCUT2D eigenvalue weighted by molar-refractivity contribution is -0.110. The molecule has 1 amide bonds. The Bertz CT molecular complexity index is 553. The fraction of sp³-hybridized carbons (Fsp3) is 0. The molecule has 0 N–H and O–H groups in total. The third kappa shape index (κ3) is 2.85. The second-order valence-electron chi connectivity index (χ2n) is 3.39. The SMILES string of the molecule is O=C1C=CC(=NC(=O)c2ccccc2Br)C=C1. The summed E-state index contributed by atoms with van der Waals surface area (Å²) in [6.45, 7) is 0. The van der Waals surface area contributed by atoms with E-state index in [1.54, 1.807) is 18.2 Å². The van der Waals surface area contributed by atoms with Crippen LogP contribution in [-0.2, 0) is 4.79 Å². The zero-order valence-corrected chi connectivity index (χ0v) is 10.3. The summed E-state index contributed by atoms with van der Waals surface area (Å²) in [5.74, 6) is -0.437. The Kier molecular flexibility index (Phi) is 3.44. The lowest BCUT2D eigenvalue weighted by Gasteiger charge is -2.01. The van der Waals surface area contributed by atoms with Crippen molar-refractivity contribution < 1.29 is 9.59 Å². The first kappa shape index (κ1) is 11.7. The molecule has 0 fully saturated rings. The van der Waals surface area contributed by atoms with E-state index in [1.807, 2.05) is 6.07 Å². The van der Waals surface area contributed by atoms with Crippen molar-refractivity contribution in [2.24, 2.45) is 4.99 Å². The monoisotopic (exact) mass is 289 g/mol. The molecule has 4 heteroatoms. The third-order valence-electron chi connectivity index (χ3n) is 2.17. The maximum atomic E-state index is 11.8. The molecule has 1 aliphatic rings. The quantitative estimate of drug-likeness (QED) is 0.747. The number of hydrogen-bond acceptors (Lipinski definition) is 2. The van der Waals surface area contributed by atoms with Gasteiger partial charge in [-0.3, -0.25) is 9.59 Å². The summed E-state index contributed by atoms with van der Waals surface area (Å²) in [5.41, 5.74) is 0.976. The van der Waals surface area contributed by atoms with E-state index in [9.17, 15) is 9.59 Å². The van der Waals surface area contributed by atoms with Crippen LogP contribution in [0.5, 0.6) is 0 Å². The molecule has 3 nitrogen and oxygen atoms in total. The van der Waals surface area contributed by atoms with E-state index in [4.69, 9.17) is 0 Å². The molecule has 0 atom stereocenters. The summed E-state index contributed by atoms with van der Waals surface area (Å²) in [5, 5.41) is 0. The van der Waals surface area contributed by atoms with Crippen molar-refractivity contribution in [3.05, 3.63) is 58.6 Å². The molecule has 1 aromatic rings. The number of amides is 1. The van der Waals surface area contributed by atoms with Gasteiger partial charge >= 0.3 is 0 Å². The number of ketones is 1. The number of rotatable bonds is 1. The molecule has 0 spiro atoms. The number of benzene rings is 1. The van der Waals surface area contributed by atoms with Gasteiger partial charge in [0.2, 0.25) is 0 Å². The van der Waals surface area contributed by atoms with Gasteiger partial charge in [0.25, 0.3) is 5.91 Å². The van der Waals surface area contributed by atoms with E-state index < -0.39 is 0 Å². The Morgan fingerprint density at radius 2 is 1.71 bits per heavy atom. The Hall–Kier alpha value is -1.81. The zero-order valence-electron chi connectivity index (χ0n) is 8.76. The topological polar surface area (TPSA) is 46.5 Å². The first-order chi connectivity index (χ1) is 8.16. The van der Waals surface area contributed by atoms with Crippen molar-refractivity contribution in [2.45, 2.75) is 0 Å². The van der Waals surface area contributed by atoms with Crippen LogP contribution in [0.25, 0.3) is 0 Å². The summed E-state index contributed by atoms with van der Waals surface area (Å²) >= 11 is 3.29. The van der Waals surface area contributed by atoms with Crippen LogP contribution in [0.2, 0.25) is 0 Å². The van der Waals surface area contributed by atoms with Crippen LogP contribution in [0.4, 0.5) is 0 Å². The van der Waals surface area contributed by atoms with Crippen LogP contribution in [0, 0.1) is 0 Å². The second-order valence-corrected chi connectivity index (χ2v) is 4.25. The van der Waals surface area contributed by atoms with Crippen LogP contribution in [0.15, 0.2) is 58.0 Å².